The number of methoxy groups -OCH3 is 2. The number of carbonyl (C=O) groups is 1. The Morgan fingerprint density at radius 2 is 1.81 bits per heavy atom. The van der Waals surface area contributed by atoms with Gasteiger partial charge in [0.15, 0.2) is 0 Å². The SMILES string of the molecule is COC(=O)c1cc(C#Cc2ccc(OCc3c(-c4c(Cl)cccc4Cl)noc3C3CC3)cc2Cl)cc([N+](=O)[O-])c1OC. The summed E-state index contributed by atoms with van der Waals surface area (Å²) in [5.74, 6) is 6.17. The van der Waals surface area contributed by atoms with Gasteiger partial charge in [0.05, 0.1) is 39.8 Å². The third-order valence-corrected chi connectivity index (χ3v) is 7.45. The summed E-state index contributed by atoms with van der Waals surface area (Å²) in [4.78, 5) is 23.1. The van der Waals surface area contributed by atoms with E-state index in [9.17, 15) is 14.9 Å². The van der Waals surface area contributed by atoms with Crippen LogP contribution in [0.5, 0.6) is 11.5 Å². The van der Waals surface area contributed by atoms with Gasteiger partial charge in [0.25, 0.3) is 0 Å². The number of esters is 1. The van der Waals surface area contributed by atoms with Gasteiger partial charge in [0.2, 0.25) is 5.75 Å². The summed E-state index contributed by atoms with van der Waals surface area (Å²) in [6, 6.07) is 12.8. The molecule has 9 nitrogen and oxygen atoms in total. The van der Waals surface area contributed by atoms with Crippen LogP contribution in [0.3, 0.4) is 0 Å². The zero-order valence-corrected chi connectivity index (χ0v) is 24.5. The van der Waals surface area contributed by atoms with Crippen LogP contribution in [0.2, 0.25) is 15.1 Å². The van der Waals surface area contributed by atoms with Crippen LogP contribution in [-0.4, -0.2) is 30.3 Å². The lowest BCUT2D eigenvalue weighted by Gasteiger charge is -2.10. The monoisotopic (exact) mass is 626 g/mol. The van der Waals surface area contributed by atoms with E-state index in [2.05, 4.69) is 17.0 Å². The summed E-state index contributed by atoms with van der Waals surface area (Å²) in [6.07, 6.45) is 1.99. The number of nitro groups is 1. The van der Waals surface area contributed by atoms with Gasteiger partial charge >= 0.3 is 11.7 Å². The number of carbonyl (C=O) groups excluding carboxylic acids is 1. The van der Waals surface area contributed by atoms with Crippen LogP contribution in [-0.2, 0) is 11.3 Å². The standard InChI is InChI=1S/C30H21Cl3N2O7/c1-39-29-20(30(36)40-2)12-16(13-25(29)35(37)38)6-7-17-10-11-19(14-24(17)33)41-15-21-27(34-42-28(21)18-8-9-18)26-22(31)4-3-5-23(26)32/h3-5,10-14,18H,8-9,15H2,1-2H3. The Kier molecular flexibility index (Phi) is 8.59. The van der Waals surface area contributed by atoms with Crippen LogP contribution in [0.4, 0.5) is 5.69 Å². The van der Waals surface area contributed by atoms with Crippen molar-refractivity contribution in [2.24, 2.45) is 0 Å². The first kappa shape index (κ1) is 29.3. The highest BCUT2D eigenvalue weighted by Gasteiger charge is 2.33. The zero-order chi connectivity index (χ0) is 30.0. The molecule has 0 aliphatic heterocycles. The maximum Gasteiger partial charge on any atom is 0.341 e. The lowest BCUT2D eigenvalue weighted by molar-refractivity contribution is -0.385. The topological polar surface area (TPSA) is 114 Å². The van der Waals surface area contributed by atoms with Crippen LogP contribution < -0.4 is 9.47 Å². The van der Waals surface area contributed by atoms with Crippen molar-refractivity contribution in [2.45, 2.75) is 25.4 Å². The highest BCUT2D eigenvalue weighted by molar-refractivity contribution is 6.39. The molecular formula is C30H21Cl3N2O7. The molecule has 1 fully saturated rings. The maximum atomic E-state index is 12.2. The summed E-state index contributed by atoms with van der Waals surface area (Å²) >= 11 is 19.4. The van der Waals surface area contributed by atoms with E-state index in [0.717, 1.165) is 31.3 Å². The fourth-order valence-electron chi connectivity index (χ4n) is 4.33. The molecule has 12 heteroatoms. The first-order valence-corrected chi connectivity index (χ1v) is 13.7. The number of rotatable bonds is 8. The van der Waals surface area contributed by atoms with Crippen molar-refractivity contribution < 1.29 is 28.5 Å². The Morgan fingerprint density at radius 3 is 2.43 bits per heavy atom. The fourth-order valence-corrected chi connectivity index (χ4v) is 5.12. The van der Waals surface area contributed by atoms with Gasteiger partial charge in [0.1, 0.15) is 29.4 Å². The molecule has 0 bridgehead atoms. The predicted molar refractivity (Wildman–Crippen MR) is 157 cm³/mol. The van der Waals surface area contributed by atoms with E-state index in [1.807, 2.05) is 0 Å². The van der Waals surface area contributed by atoms with Gasteiger partial charge in [-0.2, -0.15) is 0 Å². The molecule has 1 aliphatic rings. The van der Waals surface area contributed by atoms with E-state index in [0.29, 0.717) is 37.6 Å². The summed E-state index contributed by atoms with van der Waals surface area (Å²) in [6.45, 7) is 0.138. The Hall–Kier alpha value is -4.23. The van der Waals surface area contributed by atoms with Crippen molar-refractivity contribution in [3.8, 4) is 34.6 Å². The normalized spacial score (nSPS) is 12.3. The second-order valence-electron chi connectivity index (χ2n) is 9.25. The van der Waals surface area contributed by atoms with Crippen molar-refractivity contribution in [3.63, 3.8) is 0 Å². The van der Waals surface area contributed by atoms with Crippen LogP contribution in [0, 0.1) is 22.0 Å². The molecule has 1 heterocycles. The van der Waals surface area contributed by atoms with Crippen molar-refractivity contribution >= 4 is 46.5 Å². The van der Waals surface area contributed by atoms with Gasteiger partial charge in [0, 0.05) is 34.7 Å². The highest BCUT2D eigenvalue weighted by atomic mass is 35.5. The molecule has 1 aliphatic carbocycles. The molecule has 214 valence electrons. The molecule has 0 atom stereocenters. The molecule has 5 rings (SSSR count). The minimum absolute atomic E-state index is 0.120. The highest BCUT2D eigenvalue weighted by Crippen LogP contribution is 2.46. The van der Waals surface area contributed by atoms with Crippen molar-refractivity contribution in [2.75, 3.05) is 14.2 Å². The average molecular weight is 628 g/mol. The Balaban J connectivity index is 1.40. The number of halogens is 3. The van der Waals surface area contributed by atoms with Crippen molar-refractivity contribution in [1.29, 1.82) is 0 Å². The molecule has 3 aromatic carbocycles. The summed E-state index contributed by atoms with van der Waals surface area (Å²) in [5.41, 5.74) is 1.96. The molecule has 0 amide bonds. The summed E-state index contributed by atoms with van der Waals surface area (Å²) < 4.78 is 21.6. The van der Waals surface area contributed by atoms with Gasteiger partial charge < -0.3 is 18.7 Å². The maximum absolute atomic E-state index is 12.2. The fraction of sp³-hybridized carbons (Fsp3) is 0.200. The molecule has 0 radical (unpaired) electrons. The largest absolute Gasteiger partial charge is 0.490 e. The molecule has 0 saturated heterocycles. The van der Waals surface area contributed by atoms with Gasteiger partial charge in [-0.3, -0.25) is 10.1 Å². The third kappa shape index (κ3) is 6.02. The van der Waals surface area contributed by atoms with Crippen LogP contribution in [0.25, 0.3) is 11.3 Å². The van der Waals surface area contributed by atoms with E-state index < -0.39 is 16.6 Å². The minimum Gasteiger partial charge on any atom is -0.490 e. The number of ether oxygens (including phenoxy) is 3. The first-order valence-electron chi connectivity index (χ1n) is 12.5. The number of hydrogen-bond donors (Lipinski definition) is 0. The molecule has 1 aromatic heterocycles. The lowest BCUT2D eigenvalue weighted by Crippen LogP contribution is -2.07. The van der Waals surface area contributed by atoms with E-state index >= 15 is 0 Å². The lowest BCUT2D eigenvalue weighted by atomic mass is 10.0. The van der Waals surface area contributed by atoms with E-state index in [1.54, 1.807) is 36.4 Å². The van der Waals surface area contributed by atoms with Crippen LogP contribution >= 0.6 is 34.8 Å². The molecule has 4 aromatic rings. The van der Waals surface area contributed by atoms with Crippen LogP contribution in [0.15, 0.2) is 53.1 Å². The van der Waals surface area contributed by atoms with Gasteiger partial charge in [-0.1, -0.05) is 57.9 Å². The number of benzene rings is 3. The zero-order valence-electron chi connectivity index (χ0n) is 22.2. The van der Waals surface area contributed by atoms with Crippen molar-refractivity contribution in [1.82, 2.24) is 5.16 Å². The molecule has 0 spiro atoms. The smallest absolute Gasteiger partial charge is 0.341 e. The second kappa shape index (κ2) is 12.3. The second-order valence-corrected chi connectivity index (χ2v) is 10.5. The van der Waals surface area contributed by atoms with Gasteiger partial charge in [-0.05, 0) is 43.2 Å². The average Bonchev–Trinajstić information content (AvgIpc) is 3.74. The van der Waals surface area contributed by atoms with E-state index in [1.165, 1.54) is 19.2 Å². The summed E-state index contributed by atoms with van der Waals surface area (Å²) in [5, 5.41) is 17.0. The number of nitrogens with zero attached hydrogens (tertiary/aromatic N) is 2. The Labute approximate surface area is 255 Å². The quantitative estimate of drug-likeness (QED) is 0.0839. The van der Waals surface area contributed by atoms with Crippen LogP contribution in [0.1, 0.15) is 51.6 Å². The third-order valence-electron chi connectivity index (χ3n) is 6.51. The summed E-state index contributed by atoms with van der Waals surface area (Å²) in [7, 11) is 2.39. The predicted octanol–water partition coefficient (Wildman–Crippen LogP) is 7.86. The first-order chi connectivity index (χ1) is 20.2. The molecule has 0 N–H and O–H groups in total. The van der Waals surface area contributed by atoms with E-state index in [-0.39, 0.29) is 29.4 Å². The van der Waals surface area contributed by atoms with Gasteiger partial charge in [-0.25, -0.2) is 4.79 Å². The number of nitro benzene ring substituents is 1. The molecule has 42 heavy (non-hydrogen) atoms. The Bertz CT molecular complexity index is 1750. The minimum atomic E-state index is -0.796. The van der Waals surface area contributed by atoms with E-state index in [4.69, 9.17) is 53.5 Å². The molecular weight excluding hydrogens is 607 g/mol. The Morgan fingerprint density at radius 1 is 1.07 bits per heavy atom. The number of hydrogen-bond acceptors (Lipinski definition) is 8. The molecule has 0 unspecified atom stereocenters. The molecule has 1 saturated carbocycles. The number of aromatic nitrogens is 1. The van der Waals surface area contributed by atoms with Crippen molar-refractivity contribution in [3.05, 3.63) is 102 Å². The van der Waals surface area contributed by atoms with Gasteiger partial charge in [-0.15, -0.1) is 0 Å².